The lowest BCUT2D eigenvalue weighted by Crippen LogP contribution is -2.07. The Kier molecular flexibility index (Phi) is 6.00. The number of hydrogen-bond donors (Lipinski definition) is 1. The Bertz CT molecular complexity index is 435. The van der Waals surface area contributed by atoms with E-state index >= 15 is 0 Å². The Hall–Kier alpha value is -1.75. The third-order valence-corrected chi connectivity index (χ3v) is 2.71. The molecule has 96 valence electrons. The van der Waals surface area contributed by atoms with Crippen LogP contribution in [-0.4, -0.2) is 21.1 Å². The van der Waals surface area contributed by atoms with Crippen LogP contribution in [0.5, 0.6) is 0 Å². The molecule has 1 rings (SSSR count). The number of azo groups is 1. The summed E-state index contributed by atoms with van der Waals surface area (Å²) < 4.78 is 0. The molecule has 5 heteroatoms. The van der Waals surface area contributed by atoms with Crippen molar-refractivity contribution in [2.75, 3.05) is 26.0 Å². The molecule has 0 aliphatic rings. The number of anilines is 1. The van der Waals surface area contributed by atoms with Crippen LogP contribution in [0, 0.1) is 0 Å². The zero-order valence-electron chi connectivity index (χ0n) is 10.9. The van der Waals surface area contributed by atoms with E-state index in [1.54, 1.807) is 0 Å². The monoisotopic (exact) mass is 262 g/mol. The number of thioether (sulfide) groups is 1. The molecule has 0 spiro atoms. The van der Waals surface area contributed by atoms with Crippen molar-refractivity contribution < 1.29 is 0 Å². The van der Waals surface area contributed by atoms with Crippen LogP contribution in [0.2, 0.25) is 0 Å². The summed E-state index contributed by atoms with van der Waals surface area (Å²) in [6.07, 6.45) is 1.82. The van der Waals surface area contributed by atoms with Crippen molar-refractivity contribution in [2.24, 2.45) is 10.2 Å². The van der Waals surface area contributed by atoms with Gasteiger partial charge >= 0.3 is 0 Å². The highest BCUT2D eigenvalue weighted by molar-refractivity contribution is 8.05. The zero-order valence-corrected chi connectivity index (χ0v) is 11.7. The first-order chi connectivity index (χ1) is 8.63. The molecular weight excluding hydrogens is 244 g/mol. The molecule has 0 heterocycles. The van der Waals surface area contributed by atoms with Gasteiger partial charge in [-0.15, -0.1) is 5.11 Å². The van der Waals surface area contributed by atoms with Gasteiger partial charge in [0.25, 0.3) is 0 Å². The van der Waals surface area contributed by atoms with Gasteiger partial charge in [0.2, 0.25) is 0 Å². The van der Waals surface area contributed by atoms with Crippen LogP contribution in [0.1, 0.15) is 0 Å². The van der Waals surface area contributed by atoms with Crippen LogP contribution >= 0.6 is 11.8 Å². The van der Waals surface area contributed by atoms with Gasteiger partial charge in [0.05, 0.1) is 5.69 Å². The highest BCUT2D eigenvalue weighted by Gasteiger charge is 1.95. The van der Waals surface area contributed by atoms with Gasteiger partial charge in [-0.25, -0.2) is 0 Å². The molecule has 0 aliphatic carbocycles. The molecule has 1 N–H and O–H groups in total. The summed E-state index contributed by atoms with van der Waals surface area (Å²) in [4.78, 5) is 2.04. The summed E-state index contributed by atoms with van der Waals surface area (Å²) in [5, 5.41) is 13.6. The average molecular weight is 262 g/mol. The fourth-order valence-electron chi connectivity index (χ4n) is 1.14. The van der Waals surface area contributed by atoms with Crippen molar-refractivity contribution >= 4 is 23.1 Å². The Balaban J connectivity index is 2.56. The first-order valence-corrected chi connectivity index (χ1v) is 6.38. The van der Waals surface area contributed by atoms with Crippen molar-refractivity contribution in [2.45, 2.75) is 0 Å². The lowest BCUT2D eigenvalue weighted by molar-refractivity contribution is 1.11. The maximum atomic E-state index is 4.12. The Morgan fingerprint density at radius 2 is 2.00 bits per heavy atom. The minimum absolute atomic E-state index is 0.651. The van der Waals surface area contributed by atoms with Gasteiger partial charge in [-0.05, 0) is 29.7 Å². The number of nitrogens with zero attached hydrogens (tertiary/aromatic N) is 3. The molecule has 18 heavy (non-hydrogen) atoms. The predicted octanol–water partition coefficient (Wildman–Crippen LogP) is 3.73. The summed E-state index contributed by atoms with van der Waals surface area (Å²) in [6, 6.07) is 7.87. The highest BCUT2D eigenvalue weighted by Crippen LogP contribution is 2.21. The van der Waals surface area contributed by atoms with E-state index < -0.39 is 0 Å². The van der Waals surface area contributed by atoms with E-state index in [1.807, 2.05) is 61.9 Å². The summed E-state index contributed by atoms with van der Waals surface area (Å²) in [5.41, 5.74) is 1.96. The second-order valence-electron chi connectivity index (χ2n) is 3.71. The lowest BCUT2D eigenvalue weighted by atomic mass is 10.3. The molecule has 0 atom stereocenters. The van der Waals surface area contributed by atoms with E-state index in [9.17, 15) is 0 Å². The van der Waals surface area contributed by atoms with Crippen LogP contribution in [-0.2, 0) is 0 Å². The van der Waals surface area contributed by atoms with E-state index in [0.717, 1.165) is 11.4 Å². The largest absolute Gasteiger partial charge is 0.394 e. The van der Waals surface area contributed by atoms with Crippen molar-refractivity contribution in [3.05, 3.63) is 47.5 Å². The van der Waals surface area contributed by atoms with Crippen molar-refractivity contribution in [1.29, 1.82) is 0 Å². The molecule has 0 fully saturated rings. The molecule has 1 aromatic carbocycles. The molecule has 0 radical (unpaired) electrons. The number of hydrogen-bond acceptors (Lipinski definition) is 5. The van der Waals surface area contributed by atoms with Crippen molar-refractivity contribution in [3.8, 4) is 0 Å². The lowest BCUT2D eigenvalue weighted by Gasteiger charge is -2.11. The molecule has 0 saturated carbocycles. The third-order valence-electron chi connectivity index (χ3n) is 2.08. The summed E-state index contributed by atoms with van der Waals surface area (Å²) in [7, 11) is 5.85. The van der Waals surface area contributed by atoms with Crippen molar-refractivity contribution in [1.82, 2.24) is 5.32 Å². The molecule has 1 aromatic rings. The zero-order chi connectivity index (χ0) is 13.4. The first kappa shape index (κ1) is 14.3. The first-order valence-electron chi connectivity index (χ1n) is 5.50. The van der Waals surface area contributed by atoms with E-state index in [2.05, 4.69) is 22.1 Å². The molecule has 4 nitrogen and oxygen atoms in total. The van der Waals surface area contributed by atoms with Crippen LogP contribution in [0.25, 0.3) is 0 Å². The smallest absolute Gasteiger partial charge is 0.116 e. The van der Waals surface area contributed by atoms with Gasteiger partial charge in [-0.1, -0.05) is 18.3 Å². The van der Waals surface area contributed by atoms with Gasteiger partial charge < -0.3 is 10.2 Å². The Labute approximate surface area is 112 Å². The average Bonchev–Trinajstić information content (AvgIpc) is 2.37. The standard InChI is InChI=1S/C13H18N4S/c1-11(18-10-9-14-2)15-16-12-5-7-13(8-6-12)17(3)4/h5-10,14H,1H2,2-4H3/b10-9-,16-15?. The summed E-state index contributed by atoms with van der Waals surface area (Å²) in [5.74, 6) is 0. The van der Waals surface area contributed by atoms with E-state index in [-0.39, 0.29) is 0 Å². The maximum Gasteiger partial charge on any atom is 0.116 e. The van der Waals surface area contributed by atoms with Crippen LogP contribution in [0.4, 0.5) is 11.4 Å². The molecule has 0 aliphatic heterocycles. The third kappa shape index (κ3) is 5.05. The second kappa shape index (κ2) is 7.55. The van der Waals surface area contributed by atoms with Gasteiger partial charge in [0.1, 0.15) is 5.03 Å². The Morgan fingerprint density at radius 3 is 2.56 bits per heavy atom. The minimum Gasteiger partial charge on any atom is -0.394 e. The molecule has 0 aromatic heterocycles. The topological polar surface area (TPSA) is 40.0 Å². The molecule has 0 saturated heterocycles. The van der Waals surface area contributed by atoms with E-state index in [4.69, 9.17) is 0 Å². The van der Waals surface area contributed by atoms with Crippen LogP contribution < -0.4 is 10.2 Å². The maximum absolute atomic E-state index is 4.12. The fourth-order valence-corrected chi connectivity index (χ4v) is 1.58. The second-order valence-corrected chi connectivity index (χ2v) is 4.69. The normalized spacial score (nSPS) is 11.1. The van der Waals surface area contributed by atoms with Gasteiger partial charge in [0.15, 0.2) is 0 Å². The van der Waals surface area contributed by atoms with Crippen LogP contribution in [0.15, 0.2) is 57.7 Å². The van der Waals surface area contributed by atoms with E-state index in [1.165, 1.54) is 11.8 Å². The fraction of sp³-hybridized carbons (Fsp3) is 0.231. The Morgan fingerprint density at radius 1 is 1.33 bits per heavy atom. The predicted molar refractivity (Wildman–Crippen MR) is 80.2 cm³/mol. The highest BCUT2D eigenvalue weighted by atomic mass is 32.2. The molecule has 0 unspecified atom stereocenters. The summed E-state index contributed by atoms with van der Waals surface area (Å²) >= 11 is 1.42. The molecule has 0 amide bonds. The quantitative estimate of drug-likeness (QED) is 0.794. The minimum atomic E-state index is 0.651. The number of rotatable bonds is 6. The SMILES string of the molecule is C=C(N=Nc1ccc(N(C)C)cc1)S/C=C\NC. The van der Waals surface area contributed by atoms with Gasteiger partial charge in [-0.3, -0.25) is 0 Å². The molecule has 0 bridgehead atoms. The number of nitrogens with one attached hydrogen (secondary N) is 1. The van der Waals surface area contributed by atoms with Crippen LogP contribution in [0.3, 0.4) is 0 Å². The van der Waals surface area contributed by atoms with Gasteiger partial charge in [-0.2, -0.15) is 5.11 Å². The van der Waals surface area contributed by atoms with Gasteiger partial charge in [0, 0.05) is 33.0 Å². The van der Waals surface area contributed by atoms with E-state index in [0.29, 0.717) is 5.03 Å². The summed E-state index contributed by atoms with van der Waals surface area (Å²) in [6.45, 7) is 3.80. The number of benzene rings is 1. The molecular formula is C13H18N4S. The van der Waals surface area contributed by atoms with Crippen molar-refractivity contribution in [3.63, 3.8) is 0 Å².